The molecule has 5 heteroatoms. The van der Waals surface area contributed by atoms with E-state index in [1.54, 1.807) is 6.08 Å². The highest BCUT2D eigenvalue weighted by Crippen LogP contribution is 2.23. The number of nitrogens with zero attached hydrogens (tertiary/aromatic N) is 1. The van der Waals surface area contributed by atoms with E-state index in [1.807, 2.05) is 0 Å². The standard InChI is InChI=1S/C11H16N2O3/c1-3-9-5-6-10(16-9)13(7-4-8-14)11(15)12-2/h3-4,7-10H,1,5-6H2,2H3,(H,12,15)/b7-4-/t9-,10?/m1/s1. The number of ether oxygens (including phenoxy) is 1. The molecule has 0 spiro atoms. The molecule has 0 bridgehead atoms. The molecule has 2 amide bonds. The molecule has 16 heavy (non-hydrogen) atoms. The number of aldehydes is 1. The third-order valence-corrected chi connectivity index (χ3v) is 2.38. The molecule has 2 atom stereocenters. The summed E-state index contributed by atoms with van der Waals surface area (Å²) in [6.45, 7) is 3.65. The molecule has 0 aromatic rings. The smallest absolute Gasteiger partial charge is 0.323 e. The molecule has 1 aliphatic rings. The molecule has 88 valence electrons. The van der Waals surface area contributed by atoms with Gasteiger partial charge in [0.15, 0.2) is 0 Å². The predicted octanol–water partition coefficient (Wildman–Crippen LogP) is 1.03. The van der Waals surface area contributed by atoms with Crippen molar-refractivity contribution in [1.29, 1.82) is 0 Å². The lowest BCUT2D eigenvalue weighted by molar-refractivity contribution is -0.104. The van der Waals surface area contributed by atoms with Crippen LogP contribution in [0.5, 0.6) is 0 Å². The lowest BCUT2D eigenvalue weighted by Crippen LogP contribution is -2.41. The van der Waals surface area contributed by atoms with Gasteiger partial charge < -0.3 is 10.1 Å². The SMILES string of the molecule is C=C[C@@H]1CCC(N(/C=C\C=O)C(=O)NC)O1. The molecule has 0 saturated carbocycles. The molecule has 0 radical (unpaired) electrons. The van der Waals surface area contributed by atoms with Crippen LogP contribution in [0.2, 0.25) is 0 Å². The maximum Gasteiger partial charge on any atom is 0.323 e. The van der Waals surface area contributed by atoms with E-state index in [-0.39, 0.29) is 18.4 Å². The molecule has 1 saturated heterocycles. The van der Waals surface area contributed by atoms with Crippen molar-refractivity contribution in [2.45, 2.75) is 25.2 Å². The first-order chi connectivity index (χ1) is 7.72. The van der Waals surface area contributed by atoms with Crippen LogP contribution in [0.1, 0.15) is 12.8 Å². The van der Waals surface area contributed by atoms with Gasteiger partial charge in [-0.25, -0.2) is 4.79 Å². The van der Waals surface area contributed by atoms with Crippen LogP contribution in [0.15, 0.2) is 24.9 Å². The Hall–Kier alpha value is -1.62. The zero-order valence-electron chi connectivity index (χ0n) is 9.26. The highest BCUT2D eigenvalue weighted by Gasteiger charge is 2.29. The Morgan fingerprint density at radius 2 is 2.31 bits per heavy atom. The molecule has 1 fully saturated rings. The summed E-state index contributed by atoms with van der Waals surface area (Å²) in [7, 11) is 1.53. The van der Waals surface area contributed by atoms with Crippen LogP contribution in [-0.2, 0) is 9.53 Å². The molecular weight excluding hydrogens is 208 g/mol. The van der Waals surface area contributed by atoms with Crippen molar-refractivity contribution in [3.8, 4) is 0 Å². The third kappa shape index (κ3) is 2.93. The number of urea groups is 1. The summed E-state index contributed by atoms with van der Waals surface area (Å²) in [6.07, 6.45) is 6.22. The van der Waals surface area contributed by atoms with E-state index in [1.165, 1.54) is 24.2 Å². The van der Waals surface area contributed by atoms with E-state index in [0.29, 0.717) is 6.29 Å². The van der Waals surface area contributed by atoms with Crippen molar-refractivity contribution in [3.05, 3.63) is 24.9 Å². The fraction of sp³-hybridized carbons (Fsp3) is 0.455. The number of allylic oxidation sites excluding steroid dienone is 1. The normalized spacial score (nSPS) is 24.3. The first-order valence-corrected chi connectivity index (χ1v) is 5.13. The summed E-state index contributed by atoms with van der Waals surface area (Å²) < 4.78 is 5.57. The summed E-state index contributed by atoms with van der Waals surface area (Å²) in [4.78, 5) is 23.2. The quantitative estimate of drug-likeness (QED) is 0.441. The number of amides is 2. The first kappa shape index (κ1) is 12.4. The minimum Gasteiger partial charge on any atom is -0.351 e. The van der Waals surface area contributed by atoms with E-state index < -0.39 is 0 Å². The van der Waals surface area contributed by atoms with Gasteiger partial charge in [-0.2, -0.15) is 0 Å². The Morgan fingerprint density at radius 1 is 1.56 bits per heavy atom. The van der Waals surface area contributed by atoms with Gasteiger partial charge in [0.2, 0.25) is 0 Å². The number of nitrogens with one attached hydrogen (secondary N) is 1. The number of carbonyl (C=O) groups is 2. The minimum absolute atomic E-state index is 0.0261. The van der Waals surface area contributed by atoms with Crippen molar-refractivity contribution in [1.82, 2.24) is 10.2 Å². The van der Waals surface area contributed by atoms with E-state index in [4.69, 9.17) is 4.74 Å². The monoisotopic (exact) mass is 224 g/mol. The van der Waals surface area contributed by atoms with Gasteiger partial charge in [-0.1, -0.05) is 6.08 Å². The molecule has 5 nitrogen and oxygen atoms in total. The highest BCUT2D eigenvalue weighted by molar-refractivity contribution is 5.76. The Morgan fingerprint density at radius 3 is 2.81 bits per heavy atom. The van der Waals surface area contributed by atoms with Gasteiger partial charge in [0.25, 0.3) is 0 Å². The second kappa shape index (κ2) is 6.07. The predicted molar refractivity (Wildman–Crippen MR) is 59.6 cm³/mol. The van der Waals surface area contributed by atoms with Gasteiger partial charge in [-0.05, 0) is 18.9 Å². The fourth-order valence-corrected chi connectivity index (χ4v) is 1.57. The molecule has 1 heterocycles. The Kier molecular flexibility index (Phi) is 4.72. The topological polar surface area (TPSA) is 58.6 Å². The molecule has 1 aliphatic heterocycles. The summed E-state index contributed by atoms with van der Waals surface area (Å²) in [5, 5.41) is 2.50. The lowest BCUT2D eigenvalue weighted by atomic mass is 10.2. The highest BCUT2D eigenvalue weighted by atomic mass is 16.5. The van der Waals surface area contributed by atoms with Crippen molar-refractivity contribution < 1.29 is 14.3 Å². The van der Waals surface area contributed by atoms with Gasteiger partial charge >= 0.3 is 6.03 Å². The fourth-order valence-electron chi connectivity index (χ4n) is 1.57. The number of hydrogen-bond acceptors (Lipinski definition) is 3. The van der Waals surface area contributed by atoms with Crippen LogP contribution in [-0.4, -0.2) is 36.6 Å². The van der Waals surface area contributed by atoms with Gasteiger partial charge in [-0.3, -0.25) is 9.69 Å². The maximum atomic E-state index is 11.5. The molecule has 1 rings (SSSR count). The number of carbonyl (C=O) groups excluding carboxylic acids is 2. The second-order valence-corrected chi connectivity index (χ2v) is 3.38. The Bertz CT molecular complexity index is 302. The van der Waals surface area contributed by atoms with Gasteiger partial charge in [0, 0.05) is 13.2 Å². The van der Waals surface area contributed by atoms with Gasteiger partial charge in [-0.15, -0.1) is 6.58 Å². The average molecular weight is 224 g/mol. The van der Waals surface area contributed by atoms with Crippen LogP contribution in [0.4, 0.5) is 4.79 Å². The zero-order valence-corrected chi connectivity index (χ0v) is 9.26. The van der Waals surface area contributed by atoms with E-state index in [0.717, 1.165) is 12.8 Å². The van der Waals surface area contributed by atoms with Crippen LogP contribution in [0.25, 0.3) is 0 Å². The number of rotatable bonds is 4. The third-order valence-electron chi connectivity index (χ3n) is 2.38. The van der Waals surface area contributed by atoms with Crippen molar-refractivity contribution in [2.24, 2.45) is 0 Å². The second-order valence-electron chi connectivity index (χ2n) is 3.38. The van der Waals surface area contributed by atoms with Crippen LogP contribution in [0.3, 0.4) is 0 Å². The van der Waals surface area contributed by atoms with Crippen LogP contribution in [0, 0.1) is 0 Å². The van der Waals surface area contributed by atoms with E-state index in [2.05, 4.69) is 11.9 Å². The van der Waals surface area contributed by atoms with Gasteiger partial charge in [0.1, 0.15) is 12.5 Å². The molecule has 1 unspecified atom stereocenters. The molecule has 0 aromatic heterocycles. The van der Waals surface area contributed by atoms with E-state index >= 15 is 0 Å². The van der Waals surface area contributed by atoms with E-state index in [9.17, 15) is 9.59 Å². The summed E-state index contributed by atoms with van der Waals surface area (Å²) in [5.41, 5.74) is 0. The molecule has 0 aromatic carbocycles. The largest absolute Gasteiger partial charge is 0.351 e. The number of hydrogen-bond donors (Lipinski definition) is 1. The lowest BCUT2D eigenvalue weighted by Gasteiger charge is -2.24. The molecular formula is C11H16N2O3. The van der Waals surface area contributed by atoms with Crippen molar-refractivity contribution >= 4 is 12.3 Å². The van der Waals surface area contributed by atoms with Crippen molar-refractivity contribution in [3.63, 3.8) is 0 Å². The Balaban J connectivity index is 2.69. The molecule has 0 aliphatic carbocycles. The summed E-state index contributed by atoms with van der Waals surface area (Å²) >= 11 is 0. The Labute approximate surface area is 94.7 Å². The van der Waals surface area contributed by atoms with Crippen LogP contribution >= 0.6 is 0 Å². The zero-order chi connectivity index (χ0) is 12.0. The average Bonchev–Trinajstić information content (AvgIpc) is 2.77. The summed E-state index contributed by atoms with van der Waals surface area (Å²) in [5.74, 6) is 0. The first-order valence-electron chi connectivity index (χ1n) is 5.13. The van der Waals surface area contributed by atoms with Gasteiger partial charge in [0.05, 0.1) is 6.10 Å². The minimum atomic E-state index is -0.334. The van der Waals surface area contributed by atoms with Crippen molar-refractivity contribution in [2.75, 3.05) is 7.05 Å². The van der Waals surface area contributed by atoms with Crippen LogP contribution < -0.4 is 5.32 Å². The maximum absolute atomic E-state index is 11.5. The molecule has 1 N–H and O–H groups in total. The summed E-state index contributed by atoms with van der Waals surface area (Å²) in [6, 6.07) is -0.298.